The highest BCUT2D eigenvalue weighted by Crippen LogP contribution is 2.35. The van der Waals surface area contributed by atoms with Crippen LogP contribution in [0.2, 0.25) is 25.7 Å². The van der Waals surface area contributed by atoms with Gasteiger partial charge in [0.2, 0.25) is 0 Å². The highest BCUT2D eigenvalue weighted by atomic mass is 28.3. The maximum Gasteiger partial charge on any atom is 0.144 e. The van der Waals surface area contributed by atoms with Gasteiger partial charge in [0.15, 0.2) is 0 Å². The fourth-order valence-corrected chi connectivity index (χ4v) is 4.62. The van der Waals surface area contributed by atoms with E-state index in [2.05, 4.69) is 37.6 Å². The molecule has 0 radical (unpaired) electrons. The van der Waals surface area contributed by atoms with Crippen LogP contribution in [0.15, 0.2) is 42.7 Å². The van der Waals surface area contributed by atoms with Gasteiger partial charge in [-0.05, 0) is 43.7 Å². The summed E-state index contributed by atoms with van der Waals surface area (Å²) in [7, 11) is -1.16. The van der Waals surface area contributed by atoms with Crippen molar-refractivity contribution in [2.24, 2.45) is 0 Å². The molecule has 4 rings (SSSR count). The number of fused-ring (bicyclic) bond motifs is 1. The van der Waals surface area contributed by atoms with Crippen molar-refractivity contribution in [1.82, 2.24) is 24.1 Å². The lowest BCUT2D eigenvalue weighted by Gasteiger charge is -2.16. The van der Waals surface area contributed by atoms with Crippen molar-refractivity contribution < 1.29 is 4.74 Å². The zero-order valence-corrected chi connectivity index (χ0v) is 21.0. The number of imidazole rings is 1. The predicted octanol–water partition coefficient (Wildman–Crippen LogP) is 5.31. The lowest BCUT2D eigenvalue weighted by molar-refractivity contribution is 0.0768. The molecule has 4 heterocycles. The largest absolute Gasteiger partial charge is 0.360 e. The third kappa shape index (κ3) is 4.89. The van der Waals surface area contributed by atoms with Gasteiger partial charge < -0.3 is 4.74 Å². The van der Waals surface area contributed by atoms with E-state index in [1.54, 1.807) is 6.20 Å². The monoisotopic (exact) mass is 458 g/mol. The molecule has 0 aromatic carbocycles. The van der Waals surface area contributed by atoms with E-state index in [4.69, 9.17) is 14.8 Å². The average Bonchev–Trinajstić information content (AvgIpc) is 3.36. The number of aryl methyl sites for hydroxylation is 1. The molecule has 0 saturated carbocycles. The summed E-state index contributed by atoms with van der Waals surface area (Å²) in [5.74, 6) is 0. The van der Waals surface area contributed by atoms with Crippen LogP contribution >= 0.6 is 0 Å². The quantitative estimate of drug-likeness (QED) is 0.264. The van der Waals surface area contributed by atoms with Crippen molar-refractivity contribution in [2.75, 3.05) is 6.61 Å². The van der Waals surface area contributed by atoms with E-state index in [9.17, 15) is 5.26 Å². The Kier molecular flexibility index (Phi) is 6.45. The highest BCUT2D eigenvalue weighted by Gasteiger charge is 2.22. The van der Waals surface area contributed by atoms with Gasteiger partial charge in [0, 0.05) is 43.4 Å². The van der Waals surface area contributed by atoms with Crippen molar-refractivity contribution in [3.05, 3.63) is 59.8 Å². The number of hydrogen-bond donors (Lipinski definition) is 0. The second-order valence-corrected chi connectivity index (χ2v) is 15.1. The molecule has 4 aromatic heterocycles. The molecule has 4 aromatic rings. The molecule has 0 saturated heterocycles. The number of nitriles is 1. The summed E-state index contributed by atoms with van der Waals surface area (Å²) in [6, 6.07) is 13.3. The highest BCUT2D eigenvalue weighted by molar-refractivity contribution is 6.76. The number of nitrogens with zero attached hydrogens (tertiary/aromatic N) is 6. The van der Waals surface area contributed by atoms with Crippen LogP contribution in [0.5, 0.6) is 0 Å². The molecule has 0 amide bonds. The summed E-state index contributed by atoms with van der Waals surface area (Å²) in [5.41, 5.74) is 6.90. The number of pyridine rings is 2. The Morgan fingerprint density at radius 3 is 2.67 bits per heavy atom. The van der Waals surface area contributed by atoms with Gasteiger partial charge >= 0.3 is 0 Å². The van der Waals surface area contributed by atoms with Crippen molar-refractivity contribution in [3.63, 3.8) is 0 Å². The van der Waals surface area contributed by atoms with Gasteiger partial charge in [-0.2, -0.15) is 10.4 Å². The summed E-state index contributed by atoms with van der Waals surface area (Å²) >= 11 is 0. The lowest BCUT2D eigenvalue weighted by atomic mass is 10.0. The maximum absolute atomic E-state index is 9.48. The van der Waals surface area contributed by atoms with Crippen molar-refractivity contribution in [1.29, 1.82) is 5.26 Å². The Bertz CT molecular complexity index is 1330. The van der Waals surface area contributed by atoms with E-state index in [1.165, 1.54) is 0 Å². The Morgan fingerprint density at radius 2 is 1.97 bits per heavy atom. The van der Waals surface area contributed by atoms with E-state index in [0.29, 0.717) is 12.4 Å². The number of aromatic nitrogens is 5. The van der Waals surface area contributed by atoms with E-state index >= 15 is 0 Å². The molecule has 0 aliphatic rings. The molecular weight excluding hydrogens is 428 g/mol. The van der Waals surface area contributed by atoms with Crippen molar-refractivity contribution >= 4 is 13.7 Å². The Labute approximate surface area is 195 Å². The summed E-state index contributed by atoms with van der Waals surface area (Å²) in [6.45, 7) is 12.3. The van der Waals surface area contributed by atoms with Gasteiger partial charge in [0.25, 0.3) is 0 Å². The van der Waals surface area contributed by atoms with E-state index in [0.717, 1.165) is 58.6 Å². The molecular formula is C25H30N6OSi. The summed E-state index contributed by atoms with van der Waals surface area (Å²) in [4.78, 5) is 9.08. The first-order valence-corrected chi connectivity index (χ1v) is 15.0. The standard InChI is InChI=1S/C25H30N6OSi/c1-6-22-24(19-10-11-23-27-15-20(14-26)30(23)16-19)25(21-9-7-8-18(2)28-21)29-31(22)17-32-12-13-33(3,4)5/h7-11,15-16H,6,12-13,17H2,1-5H3. The first-order chi connectivity index (χ1) is 15.8. The fourth-order valence-electron chi connectivity index (χ4n) is 3.86. The normalized spacial score (nSPS) is 11.8. The minimum atomic E-state index is -1.16. The second-order valence-electron chi connectivity index (χ2n) is 9.44. The lowest BCUT2D eigenvalue weighted by Crippen LogP contribution is -2.22. The van der Waals surface area contributed by atoms with Crippen LogP contribution in [0, 0.1) is 18.3 Å². The van der Waals surface area contributed by atoms with E-state index in [-0.39, 0.29) is 0 Å². The number of hydrogen-bond acceptors (Lipinski definition) is 5. The number of ether oxygens (including phenoxy) is 1. The molecule has 0 N–H and O–H groups in total. The summed E-state index contributed by atoms with van der Waals surface area (Å²) in [6.07, 6.45) is 4.35. The van der Waals surface area contributed by atoms with Crippen LogP contribution in [0.4, 0.5) is 0 Å². The first-order valence-electron chi connectivity index (χ1n) is 11.3. The van der Waals surface area contributed by atoms with Crippen LogP contribution in [0.1, 0.15) is 24.0 Å². The molecule has 0 unspecified atom stereocenters. The van der Waals surface area contributed by atoms with Crippen LogP contribution in [0.3, 0.4) is 0 Å². The zero-order chi connectivity index (χ0) is 23.6. The molecule has 7 nitrogen and oxygen atoms in total. The topological polar surface area (TPSA) is 81.0 Å². The molecule has 0 aliphatic heterocycles. The molecule has 0 aliphatic carbocycles. The fraction of sp³-hybridized carbons (Fsp3) is 0.360. The molecule has 33 heavy (non-hydrogen) atoms. The third-order valence-electron chi connectivity index (χ3n) is 5.64. The van der Waals surface area contributed by atoms with Gasteiger partial charge in [-0.15, -0.1) is 0 Å². The van der Waals surface area contributed by atoms with Crippen LogP contribution in [0.25, 0.3) is 28.2 Å². The van der Waals surface area contributed by atoms with Crippen LogP contribution in [-0.4, -0.2) is 38.8 Å². The minimum Gasteiger partial charge on any atom is -0.360 e. The Balaban J connectivity index is 1.82. The average molecular weight is 459 g/mol. The summed E-state index contributed by atoms with van der Waals surface area (Å²) < 4.78 is 9.84. The van der Waals surface area contributed by atoms with Gasteiger partial charge in [-0.3, -0.25) is 9.38 Å². The smallest absolute Gasteiger partial charge is 0.144 e. The van der Waals surface area contributed by atoms with Gasteiger partial charge in [-0.1, -0.05) is 32.6 Å². The van der Waals surface area contributed by atoms with Crippen LogP contribution < -0.4 is 0 Å². The second kappa shape index (κ2) is 9.30. The molecule has 170 valence electrons. The molecule has 0 atom stereocenters. The van der Waals surface area contributed by atoms with Crippen molar-refractivity contribution in [2.45, 2.75) is 52.7 Å². The zero-order valence-electron chi connectivity index (χ0n) is 20.0. The third-order valence-corrected chi connectivity index (χ3v) is 7.35. The molecule has 8 heteroatoms. The molecule has 0 fully saturated rings. The molecule has 0 bridgehead atoms. The van der Waals surface area contributed by atoms with Crippen LogP contribution in [-0.2, 0) is 17.9 Å². The van der Waals surface area contributed by atoms with Gasteiger partial charge in [-0.25, -0.2) is 9.67 Å². The minimum absolute atomic E-state index is 0.406. The van der Waals surface area contributed by atoms with Gasteiger partial charge in [0.1, 0.15) is 29.8 Å². The first kappa shape index (κ1) is 22.9. The molecule has 0 spiro atoms. The predicted molar refractivity (Wildman–Crippen MR) is 133 cm³/mol. The Morgan fingerprint density at radius 1 is 1.15 bits per heavy atom. The van der Waals surface area contributed by atoms with E-state index in [1.807, 2.05) is 52.5 Å². The number of rotatable bonds is 8. The maximum atomic E-state index is 9.48. The Hall–Kier alpha value is -3.28. The van der Waals surface area contributed by atoms with E-state index < -0.39 is 8.07 Å². The SMILES string of the molecule is CCc1c(-c2ccc3ncc(C#N)n3c2)c(-c2cccc(C)n2)nn1COCC[Si](C)(C)C. The van der Waals surface area contributed by atoms with Gasteiger partial charge in [0.05, 0.1) is 11.9 Å². The van der Waals surface area contributed by atoms with Crippen molar-refractivity contribution in [3.8, 4) is 28.6 Å². The summed E-state index contributed by atoms with van der Waals surface area (Å²) in [5, 5.41) is 14.4.